The van der Waals surface area contributed by atoms with Gasteiger partial charge in [0, 0.05) is 24.7 Å². The smallest absolute Gasteiger partial charge is 0.417 e. The monoisotopic (exact) mass is 572 g/mol. The summed E-state index contributed by atoms with van der Waals surface area (Å²) < 4.78 is 5.36. The van der Waals surface area contributed by atoms with Gasteiger partial charge in [-0.3, -0.25) is 9.59 Å². The summed E-state index contributed by atoms with van der Waals surface area (Å²) in [5.74, 6) is -1.82. The lowest BCUT2D eigenvalue weighted by atomic mass is 9.79. The molecule has 2 fully saturated rings. The number of benzene rings is 4. The summed E-state index contributed by atoms with van der Waals surface area (Å²) in [6.07, 6.45) is 1.19. The quantitative estimate of drug-likeness (QED) is 0.176. The van der Waals surface area contributed by atoms with Gasteiger partial charge in [-0.2, -0.15) is 0 Å². The Kier molecular flexibility index (Phi) is 8.36. The number of nitrogens with zero attached hydrogens (tertiary/aromatic N) is 2. The molecule has 1 saturated carbocycles. The van der Waals surface area contributed by atoms with Crippen molar-refractivity contribution >= 4 is 23.5 Å². The predicted molar refractivity (Wildman–Crippen MR) is 166 cm³/mol. The van der Waals surface area contributed by atoms with Crippen LogP contribution in [0, 0.1) is 11.8 Å². The SMILES string of the molecule is CC(=O)[C@H](C(=O)N1C(=O)OC[C@@H]1c1ccccc1)[C@@H](c1cccc(N(Cc2ccccc2)Cc2ccccc2)c1)C1CC1. The summed E-state index contributed by atoms with van der Waals surface area (Å²) in [5, 5.41) is 0. The summed E-state index contributed by atoms with van der Waals surface area (Å²) in [4.78, 5) is 44.0. The van der Waals surface area contributed by atoms with Gasteiger partial charge in [-0.15, -0.1) is 0 Å². The predicted octanol–water partition coefficient (Wildman–Crippen LogP) is 7.31. The van der Waals surface area contributed by atoms with Crippen molar-refractivity contribution in [2.75, 3.05) is 11.5 Å². The summed E-state index contributed by atoms with van der Waals surface area (Å²) in [6.45, 7) is 2.97. The number of imide groups is 1. The highest BCUT2D eigenvalue weighted by Crippen LogP contribution is 2.49. The Morgan fingerprint density at radius 3 is 1.95 bits per heavy atom. The molecule has 0 aromatic heterocycles. The van der Waals surface area contributed by atoms with Crippen molar-refractivity contribution in [2.24, 2.45) is 11.8 Å². The van der Waals surface area contributed by atoms with Crippen LogP contribution in [0.25, 0.3) is 0 Å². The molecule has 3 atom stereocenters. The second-order valence-corrected chi connectivity index (χ2v) is 11.6. The minimum absolute atomic E-state index is 0.0801. The maximum absolute atomic E-state index is 14.2. The van der Waals surface area contributed by atoms with Crippen LogP contribution in [0.1, 0.15) is 54.0 Å². The number of ether oxygens (including phenoxy) is 1. The van der Waals surface area contributed by atoms with Crippen LogP contribution >= 0.6 is 0 Å². The zero-order chi connectivity index (χ0) is 29.8. The van der Waals surface area contributed by atoms with E-state index in [1.165, 1.54) is 23.0 Å². The minimum Gasteiger partial charge on any atom is -0.446 e. The van der Waals surface area contributed by atoms with Crippen molar-refractivity contribution in [3.63, 3.8) is 0 Å². The first kappa shape index (κ1) is 28.4. The van der Waals surface area contributed by atoms with Crippen LogP contribution in [0.2, 0.25) is 0 Å². The van der Waals surface area contributed by atoms with E-state index in [2.05, 4.69) is 41.3 Å². The molecule has 4 aromatic carbocycles. The van der Waals surface area contributed by atoms with E-state index in [0.717, 1.165) is 29.7 Å². The Morgan fingerprint density at radius 2 is 1.40 bits per heavy atom. The van der Waals surface area contributed by atoms with Gasteiger partial charge in [-0.05, 0) is 60.1 Å². The average molecular weight is 573 g/mol. The molecule has 1 aliphatic heterocycles. The maximum atomic E-state index is 14.2. The van der Waals surface area contributed by atoms with Gasteiger partial charge in [0.2, 0.25) is 5.91 Å². The maximum Gasteiger partial charge on any atom is 0.417 e. The fraction of sp³-hybridized carbons (Fsp3) is 0.270. The van der Waals surface area contributed by atoms with Crippen molar-refractivity contribution in [3.05, 3.63) is 138 Å². The Labute approximate surface area is 252 Å². The summed E-state index contributed by atoms with van der Waals surface area (Å²) in [7, 11) is 0. The van der Waals surface area contributed by atoms with E-state index in [9.17, 15) is 14.4 Å². The normalized spacial score (nSPS) is 17.7. The largest absolute Gasteiger partial charge is 0.446 e. The van der Waals surface area contributed by atoms with Gasteiger partial charge in [0.1, 0.15) is 24.3 Å². The molecule has 6 heteroatoms. The number of carbonyl (C=O) groups excluding carboxylic acids is 3. The number of amides is 2. The molecule has 0 radical (unpaired) electrons. The van der Waals surface area contributed by atoms with Crippen LogP contribution in [0.5, 0.6) is 0 Å². The average Bonchev–Trinajstić information content (AvgIpc) is 3.80. The zero-order valence-electron chi connectivity index (χ0n) is 24.3. The second kappa shape index (κ2) is 12.7. The number of hydrogen-bond donors (Lipinski definition) is 0. The van der Waals surface area contributed by atoms with Crippen LogP contribution in [0.4, 0.5) is 10.5 Å². The van der Waals surface area contributed by atoms with Crippen molar-refractivity contribution < 1.29 is 19.1 Å². The molecule has 2 amide bonds. The lowest BCUT2D eigenvalue weighted by Crippen LogP contribution is -2.43. The zero-order valence-corrected chi connectivity index (χ0v) is 24.3. The summed E-state index contributed by atoms with van der Waals surface area (Å²) in [5.41, 5.74) is 5.17. The third kappa shape index (κ3) is 6.38. The molecule has 0 bridgehead atoms. The topological polar surface area (TPSA) is 66.9 Å². The first-order valence-electron chi connectivity index (χ1n) is 15.0. The minimum atomic E-state index is -0.976. The van der Waals surface area contributed by atoms with Crippen molar-refractivity contribution in [2.45, 2.75) is 44.8 Å². The first-order chi connectivity index (χ1) is 21.0. The number of rotatable bonds is 11. The van der Waals surface area contributed by atoms with Gasteiger partial charge in [0.15, 0.2) is 0 Å². The molecule has 4 aromatic rings. The molecule has 0 spiro atoms. The molecule has 0 unspecified atom stereocenters. The van der Waals surface area contributed by atoms with E-state index < -0.39 is 24.0 Å². The van der Waals surface area contributed by atoms with Crippen LogP contribution in [-0.4, -0.2) is 29.3 Å². The van der Waals surface area contributed by atoms with E-state index >= 15 is 0 Å². The summed E-state index contributed by atoms with van der Waals surface area (Å²) >= 11 is 0. The molecule has 6 nitrogen and oxygen atoms in total. The molecular weight excluding hydrogens is 536 g/mol. The Hall–Kier alpha value is -4.71. The lowest BCUT2D eigenvalue weighted by Gasteiger charge is -2.31. The third-order valence-electron chi connectivity index (χ3n) is 8.54. The highest BCUT2D eigenvalue weighted by Gasteiger charge is 2.49. The van der Waals surface area contributed by atoms with Gasteiger partial charge in [-0.1, -0.05) is 103 Å². The van der Waals surface area contributed by atoms with Gasteiger partial charge >= 0.3 is 6.09 Å². The fourth-order valence-corrected chi connectivity index (χ4v) is 6.28. The molecule has 1 aliphatic carbocycles. The van der Waals surface area contributed by atoms with Gasteiger partial charge < -0.3 is 9.64 Å². The number of carbonyl (C=O) groups is 3. The van der Waals surface area contributed by atoms with Crippen molar-refractivity contribution in [1.29, 1.82) is 0 Å². The van der Waals surface area contributed by atoms with E-state index in [1.807, 2.05) is 78.9 Å². The number of Topliss-reactive ketones (excluding diaryl/α,β-unsaturated/α-hetero) is 1. The highest BCUT2D eigenvalue weighted by molar-refractivity contribution is 6.07. The fourth-order valence-electron chi connectivity index (χ4n) is 6.28. The molecule has 2 aliphatic rings. The summed E-state index contributed by atoms with van der Waals surface area (Å²) in [6, 6.07) is 37.8. The number of hydrogen-bond acceptors (Lipinski definition) is 5. The van der Waals surface area contributed by atoms with Gasteiger partial charge in [0.05, 0.1) is 0 Å². The standard InChI is InChI=1S/C37H36N2O4/c1-26(40)34(36(41)39-33(25-43-37(39)42)29-16-9-4-10-17-29)35(30-20-21-30)31-18-11-19-32(22-31)38(23-27-12-5-2-6-13-27)24-28-14-7-3-8-15-28/h2-19,22,30,33-35H,20-21,23-25H2,1H3/t33-,34+,35-/m1/s1. The van der Waals surface area contributed by atoms with Crippen molar-refractivity contribution in [1.82, 2.24) is 4.90 Å². The van der Waals surface area contributed by atoms with Crippen LogP contribution in [0.15, 0.2) is 115 Å². The highest BCUT2D eigenvalue weighted by atomic mass is 16.6. The number of anilines is 1. The molecule has 0 N–H and O–H groups in total. The lowest BCUT2D eigenvalue weighted by molar-refractivity contribution is -0.140. The third-order valence-corrected chi connectivity index (χ3v) is 8.54. The first-order valence-corrected chi connectivity index (χ1v) is 15.0. The number of cyclic esters (lactones) is 1. The molecular formula is C37H36N2O4. The molecule has 1 heterocycles. The van der Waals surface area contributed by atoms with E-state index in [1.54, 1.807) is 0 Å². The Morgan fingerprint density at radius 1 is 0.814 bits per heavy atom. The number of ketones is 1. The van der Waals surface area contributed by atoms with Crippen LogP contribution in [0.3, 0.4) is 0 Å². The molecule has 43 heavy (non-hydrogen) atoms. The van der Waals surface area contributed by atoms with Gasteiger partial charge in [0.25, 0.3) is 0 Å². The molecule has 6 rings (SSSR count). The van der Waals surface area contributed by atoms with E-state index in [4.69, 9.17) is 4.74 Å². The Balaban J connectivity index is 1.34. The van der Waals surface area contributed by atoms with E-state index in [-0.39, 0.29) is 24.2 Å². The van der Waals surface area contributed by atoms with Crippen molar-refractivity contribution in [3.8, 4) is 0 Å². The molecule has 1 saturated heterocycles. The van der Waals surface area contributed by atoms with Crippen LogP contribution < -0.4 is 4.90 Å². The molecule has 218 valence electrons. The van der Waals surface area contributed by atoms with E-state index in [0.29, 0.717) is 13.1 Å². The van der Waals surface area contributed by atoms with Gasteiger partial charge in [-0.25, -0.2) is 9.69 Å². The Bertz CT molecular complexity index is 1530. The van der Waals surface area contributed by atoms with Crippen LogP contribution in [-0.2, 0) is 27.4 Å². The second-order valence-electron chi connectivity index (χ2n) is 11.6.